The highest BCUT2D eigenvalue weighted by Crippen LogP contribution is 2.42. The molecule has 2 atom stereocenters. The van der Waals surface area contributed by atoms with E-state index in [0.29, 0.717) is 43.4 Å². The second-order valence-corrected chi connectivity index (χ2v) is 8.44. The zero-order valence-electron chi connectivity index (χ0n) is 16.2. The largest absolute Gasteiger partial charge is 0.507 e. The zero-order valence-corrected chi connectivity index (χ0v) is 17.0. The van der Waals surface area contributed by atoms with Crippen molar-refractivity contribution in [2.24, 2.45) is 0 Å². The first-order valence-corrected chi connectivity index (χ1v) is 10.8. The van der Waals surface area contributed by atoms with E-state index in [9.17, 15) is 14.7 Å². The van der Waals surface area contributed by atoms with E-state index in [1.54, 1.807) is 18.2 Å². The highest BCUT2D eigenvalue weighted by Gasteiger charge is 2.47. The molecule has 5 rings (SSSR count). The van der Waals surface area contributed by atoms with Crippen molar-refractivity contribution in [1.82, 2.24) is 4.90 Å². The maximum atomic E-state index is 13.0. The van der Waals surface area contributed by atoms with Gasteiger partial charge in [-0.3, -0.25) is 9.59 Å². The van der Waals surface area contributed by atoms with Crippen molar-refractivity contribution >= 4 is 28.8 Å². The van der Waals surface area contributed by atoms with Crippen LogP contribution < -0.4 is 9.47 Å². The first-order valence-electron chi connectivity index (χ1n) is 9.97. The number of likely N-dealkylation sites (tertiary alicyclic amines) is 1. The Labute approximate surface area is 177 Å². The number of hydrogen-bond donors (Lipinski definition) is 1. The van der Waals surface area contributed by atoms with Crippen LogP contribution in [0, 0.1) is 0 Å². The predicted octanol–water partition coefficient (Wildman–Crippen LogP) is 3.12. The van der Waals surface area contributed by atoms with E-state index in [0.717, 1.165) is 17.7 Å². The lowest BCUT2D eigenvalue weighted by atomic mass is 9.99. The summed E-state index contributed by atoms with van der Waals surface area (Å²) in [5.74, 6) is -0.404. The molecule has 1 amide bonds. The molecule has 1 aromatic heterocycles. The number of ketones is 1. The third-order valence-electron chi connectivity index (χ3n) is 5.59. The van der Waals surface area contributed by atoms with E-state index in [1.165, 1.54) is 16.2 Å². The number of hydrogen-bond acceptors (Lipinski definition) is 7. The Morgan fingerprint density at radius 2 is 1.97 bits per heavy atom. The van der Waals surface area contributed by atoms with Gasteiger partial charge in [0.2, 0.25) is 0 Å². The van der Waals surface area contributed by atoms with Gasteiger partial charge in [-0.05, 0) is 42.5 Å². The average molecular weight is 427 g/mol. The average Bonchev–Trinajstić information content (AvgIpc) is 3.52. The van der Waals surface area contributed by atoms with Crippen molar-refractivity contribution in [3.05, 3.63) is 51.7 Å². The van der Waals surface area contributed by atoms with Crippen LogP contribution in [0.15, 0.2) is 41.3 Å². The molecule has 0 unspecified atom stereocenters. The molecule has 30 heavy (non-hydrogen) atoms. The van der Waals surface area contributed by atoms with Crippen LogP contribution in [0.1, 0.15) is 29.3 Å². The quantitative estimate of drug-likeness (QED) is 0.459. The smallest absolute Gasteiger partial charge is 0.295 e. The summed E-state index contributed by atoms with van der Waals surface area (Å²) >= 11 is 1.45. The van der Waals surface area contributed by atoms with Gasteiger partial charge in [-0.25, -0.2) is 0 Å². The second-order valence-electron chi connectivity index (χ2n) is 7.46. The van der Waals surface area contributed by atoms with Crippen molar-refractivity contribution in [3.63, 3.8) is 0 Å². The van der Waals surface area contributed by atoms with Gasteiger partial charge in [-0.2, -0.15) is 0 Å². The normalized spacial score (nSPS) is 25.1. The van der Waals surface area contributed by atoms with E-state index < -0.39 is 17.7 Å². The second kappa shape index (κ2) is 7.77. The first-order chi connectivity index (χ1) is 14.6. The lowest BCUT2D eigenvalue weighted by Crippen LogP contribution is -2.36. The van der Waals surface area contributed by atoms with Gasteiger partial charge in [-0.15, -0.1) is 11.3 Å². The molecule has 156 valence electrons. The number of fused-ring (bicyclic) bond motifs is 1. The van der Waals surface area contributed by atoms with Crippen molar-refractivity contribution in [1.29, 1.82) is 0 Å². The number of thiophene rings is 1. The lowest BCUT2D eigenvalue weighted by molar-refractivity contribution is -0.140. The van der Waals surface area contributed by atoms with Gasteiger partial charge in [0, 0.05) is 23.6 Å². The van der Waals surface area contributed by atoms with Gasteiger partial charge in [0.05, 0.1) is 17.7 Å². The topological polar surface area (TPSA) is 85.3 Å². The summed E-state index contributed by atoms with van der Waals surface area (Å²) in [5, 5.41) is 13.0. The molecule has 1 N–H and O–H groups in total. The molecule has 2 saturated heterocycles. The Bertz CT molecular complexity index is 1010. The van der Waals surface area contributed by atoms with Crippen LogP contribution in [0.5, 0.6) is 11.5 Å². The van der Waals surface area contributed by atoms with E-state index >= 15 is 0 Å². The molecule has 3 aliphatic rings. The van der Waals surface area contributed by atoms with Crippen LogP contribution in [0.4, 0.5) is 0 Å². The number of amides is 1. The van der Waals surface area contributed by atoms with Crippen molar-refractivity contribution < 1.29 is 28.9 Å². The van der Waals surface area contributed by atoms with Crippen LogP contribution >= 0.6 is 11.3 Å². The molecule has 2 fully saturated rings. The number of aliphatic hydroxyl groups is 1. The first kappa shape index (κ1) is 19.1. The van der Waals surface area contributed by atoms with Crippen LogP contribution in [0.25, 0.3) is 5.76 Å². The standard InChI is InChI=1S/C22H21NO6S/c24-20(13-5-6-15-16(11-13)29-9-8-28-15)18-19(17-4-2-10-30-17)23(22(26)21(18)25)12-14-3-1-7-27-14/h2,4-6,10-11,14,19,24H,1,3,7-9,12H2/t14-,19+/m1/s1. The van der Waals surface area contributed by atoms with Crippen molar-refractivity contribution in [2.45, 2.75) is 25.0 Å². The highest BCUT2D eigenvalue weighted by atomic mass is 32.1. The number of rotatable bonds is 4. The van der Waals surface area contributed by atoms with Crippen molar-refractivity contribution in [2.75, 3.05) is 26.4 Å². The van der Waals surface area contributed by atoms with Crippen LogP contribution in [-0.2, 0) is 14.3 Å². The molecule has 2 aromatic rings. The minimum atomic E-state index is -0.682. The Hall–Kier alpha value is -2.84. The fourth-order valence-corrected chi connectivity index (χ4v) is 5.01. The summed E-state index contributed by atoms with van der Waals surface area (Å²) in [6.45, 7) is 1.86. The third kappa shape index (κ3) is 3.26. The molecule has 0 saturated carbocycles. The summed E-state index contributed by atoms with van der Waals surface area (Å²) in [7, 11) is 0. The van der Waals surface area contributed by atoms with E-state index in [2.05, 4.69) is 0 Å². The summed E-state index contributed by atoms with van der Waals surface area (Å²) in [6, 6.07) is 8.12. The summed E-state index contributed by atoms with van der Waals surface area (Å²) < 4.78 is 16.8. The molecule has 7 nitrogen and oxygen atoms in total. The minimum Gasteiger partial charge on any atom is -0.507 e. The van der Waals surface area contributed by atoms with Crippen LogP contribution in [-0.4, -0.2) is 54.2 Å². The number of aliphatic hydroxyl groups excluding tert-OH is 1. The number of ether oxygens (including phenoxy) is 3. The van der Waals surface area contributed by atoms with Gasteiger partial charge >= 0.3 is 0 Å². The van der Waals surface area contributed by atoms with Gasteiger partial charge < -0.3 is 24.2 Å². The van der Waals surface area contributed by atoms with Gasteiger partial charge in [-0.1, -0.05) is 6.07 Å². The Balaban J connectivity index is 1.57. The summed E-state index contributed by atoms with van der Waals surface area (Å²) in [6.07, 6.45) is 1.69. The molecule has 0 bridgehead atoms. The van der Waals surface area contributed by atoms with Crippen molar-refractivity contribution in [3.8, 4) is 11.5 Å². The molecule has 0 aliphatic carbocycles. The number of nitrogens with zero attached hydrogens (tertiary/aromatic N) is 1. The molecule has 4 heterocycles. The Morgan fingerprint density at radius 3 is 2.70 bits per heavy atom. The minimum absolute atomic E-state index is 0.0946. The van der Waals surface area contributed by atoms with Crippen LogP contribution in [0.2, 0.25) is 0 Å². The zero-order chi connectivity index (χ0) is 20.7. The maximum absolute atomic E-state index is 13.0. The van der Waals surface area contributed by atoms with Crippen LogP contribution in [0.3, 0.4) is 0 Å². The summed E-state index contributed by atoms with van der Waals surface area (Å²) in [4.78, 5) is 28.3. The maximum Gasteiger partial charge on any atom is 0.295 e. The lowest BCUT2D eigenvalue weighted by Gasteiger charge is -2.26. The number of benzene rings is 1. The predicted molar refractivity (Wildman–Crippen MR) is 110 cm³/mol. The summed E-state index contributed by atoms with van der Waals surface area (Å²) in [5.41, 5.74) is 0.507. The van der Waals surface area contributed by atoms with E-state index in [1.807, 2.05) is 17.5 Å². The SMILES string of the molecule is O=C1C(=O)N(C[C@H]2CCCO2)[C@@H](c2cccs2)C1=C(O)c1ccc2c(c1)OCCO2. The van der Waals surface area contributed by atoms with Gasteiger partial charge in [0.1, 0.15) is 19.0 Å². The molecule has 3 aliphatic heterocycles. The molecule has 8 heteroatoms. The Kier molecular flexibility index (Phi) is 4.96. The van der Waals surface area contributed by atoms with Gasteiger partial charge in [0.25, 0.3) is 11.7 Å². The van der Waals surface area contributed by atoms with E-state index in [-0.39, 0.29) is 17.4 Å². The fourth-order valence-electron chi connectivity index (χ4n) is 4.16. The Morgan fingerprint density at radius 1 is 1.13 bits per heavy atom. The van der Waals surface area contributed by atoms with Gasteiger partial charge in [0.15, 0.2) is 11.5 Å². The number of carbonyl (C=O) groups is 2. The molecular weight excluding hydrogens is 406 g/mol. The fraction of sp³-hybridized carbons (Fsp3) is 0.364. The molecular formula is C22H21NO6S. The third-order valence-corrected chi connectivity index (χ3v) is 6.52. The molecule has 0 radical (unpaired) electrons. The highest BCUT2D eigenvalue weighted by molar-refractivity contribution is 7.10. The monoisotopic (exact) mass is 427 g/mol. The molecule has 1 aromatic carbocycles. The number of carbonyl (C=O) groups excluding carboxylic acids is 2. The number of Topliss-reactive ketones (excluding diaryl/α,β-unsaturated/α-hetero) is 1. The molecule has 0 spiro atoms. The van der Waals surface area contributed by atoms with E-state index in [4.69, 9.17) is 14.2 Å².